The Morgan fingerprint density at radius 1 is 1.21 bits per heavy atom. The Balaban J connectivity index is 2.24. The van der Waals surface area contributed by atoms with E-state index in [0.717, 1.165) is 10.9 Å². The van der Waals surface area contributed by atoms with Crippen LogP contribution in [-0.4, -0.2) is 42.5 Å². The van der Waals surface area contributed by atoms with Crippen LogP contribution in [0.15, 0.2) is 72.2 Å². The first-order valence-corrected chi connectivity index (χ1v) is 9.46. The molecule has 0 aliphatic carbocycles. The molecule has 0 aliphatic heterocycles. The van der Waals surface area contributed by atoms with Gasteiger partial charge in [-0.3, -0.25) is 4.79 Å². The van der Waals surface area contributed by atoms with Crippen molar-refractivity contribution >= 4 is 27.9 Å². The van der Waals surface area contributed by atoms with Crippen molar-refractivity contribution < 1.29 is 23.8 Å². The number of amides is 1. The molecule has 0 saturated heterocycles. The molecule has 0 fully saturated rings. The summed E-state index contributed by atoms with van der Waals surface area (Å²) in [4.78, 5) is 15.7. The summed E-state index contributed by atoms with van der Waals surface area (Å²) >= 11 is -2.20. The highest BCUT2D eigenvalue weighted by molar-refractivity contribution is 7.83. The van der Waals surface area contributed by atoms with Crippen LogP contribution in [0.4, 0.5) is 0 Å². The van der Waals surface area contributed by atoms with E-state index in [-0.39, 0.29) is 18.1 Å². The number of carbonyl (C=O) groups is 1. The number of fused-ring (bicyclic) bond motifs is 1. The quantitative estimate of drug-likeness (QED) is 0.325. The Hall–Kier alpha value is -2.78. The molecule has 28 heavy (non-hydrogen) atoms. The van der Waals surface area contributed by atoms with E-state index in [2.05, 4.69) is 23.5 Å². The molecule has 7 nitrogen and oxygen atoms in total. The Labute approximate surface area is 165 Å². The minimum atomic E-state index is -2.20. The lowest BCUT2D eigenvalue weighted by molar-refractivity contribution is 0.0927. The lowest BCUT2D eigenvalue weighted by Gasteiger charge is -2.17. The number of carbonyl (C=O) groups excluding carboxylic acids is 1. The Morgan fingerprint density at radius 2 is 1.96 bits per heavy atom. The topological polar surface area (TPSA) is 123 Å². The van der Waals surface area contributed by atoms with Crippen LogP contribution in [0.5, 0.6) is 0 Å². The minimum Gasteiger partial charge on any atom is -0.394 e. The molecule has 0 bridgehead atoms. The molecule has 0 aliphatic rings. The highest BCUT2D eigenvalue weighted by Crippen LogP contribution is 2.18. The van der Waals surface area contributed by atoms with Crippen molar-refractivity contribution in [2.24, 2.45) is 0 Å². The number of allylic oxidation sites excluding steroid dienone is 3. The normalized spacial score (nSPS) is 14.5. The van der Waals surface area contributed by atoms with Gasteiger partial charge < -0.3 is 25.1 Å². The molecule has 2 unspecified atom stereocenters. The van der Waals surface area contributed by atoms with Crippen LogP contribution >= 0.6 is 0 Å². The third kappa shape index (κ3) is 5.14. The fraction of sp³-hybridized carbons (Fsp3) is 0.150. The Morgan fingerprint density at radius 3 is 2.54 bits per heavy atom. The second-order valence-corrected chi connectivity index (χ2v) is 6.83. The van der Waals surface area contributed by atoms with Crippen molar-refractivity contribution in [3.63, 3.8) is 0 Å². The first-order valence-electron chi connectivity index (χ1n) is 8.35. The SMILES string of the molecule is C=C/C(=C\C=C(/C=C)S(=O)O)C(CO)NC(=O)c1ccc2[nH]c(CO)cc2c1. The molecule has 8 heteroatoms. The van der Waals surface area contributed by atoms with Crippen LogP contribution in [0.2, 0.25) is 0 Å². The summed E-state index contributed by atoms with van der Waals surface area (Å²) in [6, 6.07) is 6.04. The van der Waals surface area contributed by atoms with Gasteiger partial charge in [-0.25, -0.2) is 4.21 Å². The number of nitrogens with one attached hydrogen (secondary N) is 2. The van der Waals surface area contributed by atoms with Crippen LogP contribution in [0.3, 0.4) is 0 Å². The number of aromatic nitrogens is 1. The molecule has 2 aromatic rings. The third-order valence-electron chi connectivity index (χ3n) is 4.08. The molecule has 1 heterocycles. The van der Waals surface area contributed by atoms with Gasteiger partial charge in [-0.05, 0) is 35.9 Å². The molecule has 1 amide bonds. The van der Waals surface area contributed by atoms with Gasteiger partial charge in [0.05, 0.1) is 24.2 Å². The van der Waals surface area contributed by atoms with Gasteiger partial charge in [-0.1, -0.05) is 31.4 Å². The monoisotopic (exact) mass is 402 g/mol. The number of hydrogen-bond donors (Lipinski definition) is 5. The minimum absolute atomic E-state index is 0.0833. The number of hydrogen-bond acceptors (Lipinski definition) is 4. The van der Waals surface area contributed by atoms with Gasteiger partial charge in [0.15, 0.2) is 11.1 Å². The average molecular weight is 402 g/mol. The van der Waals surface area contributed by atoms with E-state index in [1.54, 1.807) is 24.3 Å². The Kier molecular flexibility index (Phi) is 7.65. The number of benzene rings is 1. The van der Waals surface area contributed by atoms with Gasteiger partial charge in [0.2, 0.25) is 0 Å². The van der Waals surface area contributed by atoms with E-state index in [1.165, 1.54) is 24.3 Å². The summed E-state index contributed by atoms with van der Waals surface area (Å²) in [5.41, 5.74) is 2.29. The average Bonchev–Trinajstić information content (AvgIpc) is 3.12. The maximum Gasteiger partial charge on any atom is 0.251 e. The van der Waals surface area contributed by atoms with Crippen LogP contribution in [0.1, 0.15) is 16.1 Å². The van der Waals surface area contributed by atoms with Gasteiger partial charge in [-0.2, -0.15) is 0 Å². The molecular weight excluding hydrogens is 380 g/mol. The van der Waals surface area contributed by atoms with Crippen LogP contribution < -0.4 is 5.32 Å². The molecule has 0 spiro atoms. The van der Waals surface area contributed by atoms with Gasteiger partial charge >= 0.3 is 0 Å². The van der Waals surface area contributed by atoms with Crippen LogP contribution in [-0.2, 0) is 17.7 Å². The third-order valence-corrected chi connectivity index (χ3v) is 4.78. The van der Waals surface area contributed by atoms with Gasteiger partial charge in [0, 0.05) is 22.2 Å². The number of H-pyrrole nitrogens is 1. The van der Waals surface area contributed by atoms with E-state index in [9.17, 15) is 19.2 Å². The largest absolute Gasteiger partial charge is 0.394 e. The Bertz CT molecular complexity index is 974. The first kappa shape index (κ1) is 21.5. The molecule has 5 N–H and O–H groups in total. The van der Waals surface area contributed by atoms with Crippen molar-refractivity contribution in [3.8, 4) is 0 Å². The summed E-state index contributed by atoms with van der Waals surface area (Å²) in [6.45, 7) is 6.60. The van der Waals surface area contributed by atoms with E-state index in [4.69, 9.17) is 4.55 Å². The standard InChI is InChI=1S/C20H22N2O5S/c1-3-13(5-7-17(4-2)28(26)27)19(12-24)22-20(25)14-6-8-18-15(9-14)10-16(11-23)21-18/h3-10,19,21,23-24H,1-2,11-12H2,(H,22,25)(H,26,27)/b13-5+,17-7+. The molecule has 1 aromatic carbocycles. The van der Waals surface area contributed by atoms with Crippen molar-refractivity contribution in [2.75, 3.05) is 6.61 Å². The highest BCUT2D eigenvalue weighted by atomic mass is 32.2. The van der Waals surface area contributed by atoms with E-state index < -0.39 is 23.0 Å². The lowest BCUT2D eigenvalue weighted by Crippen LogP contribution is -2.38. The summed E-state index contributed by atoms with van der Waals surface area (Å²) in [5.74, 6) is -0.404. The second kappa shape index (κ2) is 9.95. The van der Waals surface area contributed by atoms with E-state index >= 15 is 0 Å². The molecule has 2 rings (SSSR count). The summed E-state index contributed by atoms with van der Waals surface area (Å²) in [7, 11) is 0. The maximum atomic E-state index is 12.6. The molecule has 0 radical (unpaired) electrons. The van der Waals surface area contributed by atoms with Crippen molar-refractivity contribution in [2.45, 2.75) is 12.6 Å². The van der Waals surface area contributed by atoms with Crippen molar-refractivity contribution in [1.29, 1.82) is 0 Å². The smallest absolute Gasteiger partial charge is 0.251 e. The number of rotatable bonds is 9. The van der Waals surface area contributed by atoms with Gasteiger partial charge in [0.1, 0.15) is 0 Å². The lowest BCUT2D eigenvalue weighted by atomic mass is 10.1. The molecule has 2 atom stereocenters. The van der Waals surface area contributed by atoms with Crippen molar-refractivity contribution in [1.82, 2.24) is 10.3 Å². The summed E-state index contributed by atoms with van der Waals surface area (Å²) < 4.78 is 20.3. The van der Waals surface area contributed by atoms with E-state index in [1.807, 2.05) is 0 Å². The zero-order chi connectivity index (χ0) is 20.7. The zero-order valence-corrected chi connectivity index (χ0v) is 15.9. The number of aromatic amines is 1. The molecule has 0 saturated carbocycles. The number of aliphatic hydroxyl groups is 2. The second-order valence-electron chi connectivity index (χ2n) is 5.86. The van der Waals surface area contributed by atoms with Crippen molar-refractivity contribution in [3.05, 3.63) is 83.5 Å². The predicted octanol–water partition coefficient (Wildman–Crippen LogP) is 2.15. The summed E-state index contributed by atoms with van der Waals surface area (Å²) in [6.07, 6.45) is 5.55. The maximum absolute atomic E-state index is 12.6. The van der Waals surface area contributed by atoms with Crippen LogP contribution in [0.25, 0.3) is 10.9 Å². The predicted molar refractivity (Wildman–Crippen MR) is 110 cm³/mol. The fourth-order valence-corrected chi connectivity index (χ4v) is 2.92. The number of aliphatic hydroxyl groups excluding tert-OH is 2. The summed E-state index contributed by atoms with van der Waals surface area (Å²) in [5, 5.41) is 22.4. The zero-order valence-electron chi connectivity index (χ0n) is 15.1. The fourth-order valence-electron chi connectivity index (χ4n) is 2.60. The van der Waals surface area contributed by atoms with Crippen LogP contribution in [0, 0.1) is 0 Å². The molecule has 1 aromatic heterocycles. The molecule has 148 valence electrons. The molecular formula is C20H22N2O5S. The van der Waals surface area contributed by atoms with Gasteiger partial charge in [-0.15, -0.1) is 0 Å². The van der Waals surface area contributed by atoms with Gasteiger partial charge in [0.25, 0.3) is 5.91 Å². The first-order chi connectivity index (χ1) is 13.4. The van der Waals surface area contributed by atoms with E-state index in [0.29, 0.717) is 16.8 Å². The highest BCUT2D eigenvalue weighted by Gasteiger charge is 2.16.